The van der Waals surface area contributed by atoms with Crippen molar-refractivity contribution >= 4 is 0 Å². The van der Waals surface area contributed by atoms with Crippen LogP contribution in [0.1, 0.15) is 42.6 Å². The van der Waals surface area contributed by atoms with E-state index < -0.39 is 0 Å². The van der Waals surface area contributed by atoms with Gasteiger partial charge in [-0.05, 0) is 25.6 Å². The fourth-order valence-electron chi connectivity index (χ4n) is 2.12. The van der Waals surface area contributed by atoms with Gasteiger partial charge in [-0.15, -0.1) is 0 Å². The Morgan fingerprint density at radius 2 is 2.11 bits per heavy atom. The number of nitrogens with zero attached hydrogens (tertiary/aromatic N) is 3. The van der Waals surface area contributed by atoms with Gasteiger partial charge in [0.2, 0.25) is 0 Å². The minimum absolute atomic E-state index is 0.653. The van der Waals surface area contributed by atoms with Crippen LogP contribution in [0.25, 0.3) is 0 Å². The van der Waals surface area contributed by atoms with Crippen molar-refractivity contribution in [3.63, 3.8) is 0 Å². The summed E-state index contributed by atoms with van der Waals surface area (Å²) < 4.78 is 7.79. The van der Waals surface area contributed by atoms with E-state index in [1.807, 2.05) is 11.7 Å². The van der Waals surface area contributed by atoms with Crippen molar-refractivity contribution in [2.45, 2.75) is 46.7 Å². The van der Waals surface area contributed by atoms with Crippen molar-refractivity contribution in [2.24, 2.45) is 0 Å². The summed E-state index contributed by atoms with van der Waals surface area (Å²) in [6.45, 7) is 7.64. The molecule has 104 valence electrons. The van der Waals surface area contributed by atoms with Crippen LogP contribution in [0.4, 0.5) is 0 Å². The number of aromatic nitrogens is 3. The summed E-state index contributed by atoms with van der Waals surface area (Å²) in [5, 5.41) is 7.62. The molecule has 2 rings (SSSR count). The van der Waals surface area contributed by atoms with Crippen LogP contribution in [0.15, 0.2) is 10.5 Å². The first-order valence-electron chi connectivity index (χ1n) is 6.83. The third kappa shape index (κ3) is 3.04. The highest BCUT2D eigenvalue weighted by Crippen LogP contribution is 2.16. The lowest BCUT2D eigenvalue weighted by molar-refractivity contribution is 0.431. The van der Waals surface area contributed by atoms with Crippen molar-refractivity contribution in [3.8, 4) is 0 Å². The molecule has 0 amide bonds. The van der Waals surface area contributed by atoms with Crippen molar-refractivity contribution in [1.82, 2.24) is 20.1 Å². The number of furan rings is 1. The summed E-state index contributed by atoms with van der Waals surface area (Å²) in [6, 6.07) is 2.08. The lowest BCUT2D eigenvalue weighted by Crippen LogP contribution is -2.06. The number of hydrogen-bond donors (Lipinski definition) is 1. The highest BCUT2D eigenvalue weighted by atomic mass is 16.3. The molecule has 0 saturated heterocycles. The molecule has 0 saturated carbocycles. The molecule has 19 heavy (non-hydrogen) atoms. The van der Waals surface area contributed by atoms with Crippen LogP contribution < -0.4 is 5.32 Å². The molecule has 5 nitrogen and oxygen atoms in total. The lowest BCUT2D eigenvalue weighted by atomic mass is 10.2. The van der Waals surface area contributed by atoms with Crippen LogP contribution >= 0.6 is 0 Å². The molecule has 0 unspecified atom stereocenters. The summed E-state index contributed by atoms with van der Waals surface area (Å²) in [4.78, 5) is 4.51. The zero-order chi connectivity index (χ0) is 13.8. The van der Waals surface area contributed by atoms with E-state index in [2.05, 4.69) is 42.2 Å². The van der Waals surface area contributed by atoms with E-state index in [0.717, 1.165) is 42.6 Å². The van der Waals surface area contributed by atoms with E-state index in [1.54, 1.807) is 0 Å². The normalized spacial score (nSPS) is 11.2. The van der Waals surface area contributed by atoms with E-state index >= 15 is 0 Å². The van der Waals surface area contributed by atoms with Gasteiger partial charge in [-0.3, -0.25) is 0 Å². The Labute approximate surface area is 114 Å². The highest BCUT2D eigenvalue weighted by Gasteiger charge is 2.11. The second-order valence-electron chi connectivity index (χ2n) is 4.66. The van der Waals surface area contributed by atoms with E-state index in [1.165, 1.54) is 5.56 Å². The first kappa shape index (κ1) is 13.8. The summed E-state index contributed by atoms with van der Waals surface area (Å²) >= 11 is 0. The average molecular weight is 262 g/mol. The Morgan fingerprint density at radius 3 is 2.74 bits per heavy atom. The molecule has 2 aromatic heterocycles. The van der Waals surface area contributed by atoms with Crippen molar-refractivity contribution in [2.75, 3.05) is 7.05 Å². The van der Waals surface area contributed by atoms with E-state index in [-0.39, 0.29) is 0 Å². The molecule has 0 bridgehead atoms. The molecule has 0 aliphatic heterocycles. The molecule has 2 aromatic rings. The number of rotatable bonds is 6. The largest absolute Gasteiger partial charge is 0.462 e. The quantitative estimate of drug-likeness (QED) is 0.866. The Morgan fingerprint density at radius 1 is 1.32 bits per heavy atom. The zero-order valence-corrected chi connectivity index (χ0v) is 12.2. The van der Waals surface area contributed by atoms with Gasteiger partial charge in [-0.2, -0.15) is 5.10 Å². The maximum absolute atomic E-state index is 5.85. The molecule has 0 aliphatic rings. The molecule has 0 radical (unpaired) electrons. The first-order chi connectivity index (χ1) is 9.17. The monoisotopic (exact) mass is 262 g/mol. The topological polar surface area (TPSA) is 55.9 Å². The SMILES string of the molecule is CCc1nc(CC)n(Cc2cc(C)c(CNC)o2)n1. The zero-order valence-electron chi connectivity index (χ0n) is 12.2. The molecule has 0 aliphatic carbocycles. The van der Waals surface area contributed by atoms with Gasteiger partial charge in [0.25, 0.3) is 0 Å². The molecule has 0 fully saturated rings. The predicted octanol–water partition coefficient (Wildman–Crippen LogP) is 2.07. The Kier molecular flexibility index (Phi) is 4.37. The van der Waals surface area contributed by atoms with Gasteiger partial charge in [-0.25, -0.2) is 9.67 Å². The Hall–Kier alpha value is -1.62. The molecule has 0 aromatic carbocycles. The van der Waals surface area contributed by atoms with E-state index in [4.69, 9.17) is 4.42 Å². The van der Waals surface area contributed by atoms with Gasteiger partial charge in [0, 0.05) is 12.8 Å². The van der Waals surface area contributed by atoms with Crippen molar-refractivity contribution in [1.29, 1.82) is 0 Å². The van der Waals surface area contributed by atoms with Gasteiger partial charge in [-0.1, -0.05) is 13.8 Å². The molecule has 5 heteroatoms. The van der Waals surface area contributed by atoms with Crippen LogP contribution in [-0.4, -0.2) is 21.8 Å². The summed E-state index contributed by atoms with van der Waals surface area (Å²) in [5.74, 6) is 3.84. The van der Waals surface area contributed by atoms with Crippen molar-refractivity contribution < 1.29 is 4.42 Å². The van der Waals surface area contributed by atoms with Gasteiger partial charge < -0.3 is 9.73 Å². The number of aryl methyl sites for hydroxylation is 3. The molecule has 1 N–H and O–H groups in total. The van der Waals surface area contributed by atoms with Crippen LogP contribution in [-0.2, 0) is 25.9 Å². The minimum atomic E-state index is 0.653. The second kappa shape index (κ2) is 6.02. The van der Waals surface area contributed by atoms with Gasteiger partial charge >= 0.3 is 0 Å². The summed E-state index contributed by atoms with van der Waals surface area (Å²) in [5.41, 5.74) is 1.18. The average Bonchev–Trinajstić information content (AvgIpc) is 2.94. The molecule has 0 spiro atoms. The maximum Gasteiger partial charge on any atom is 0.150 e. The Bertz CT molecular complexity index is 542. The summed E-state index contributed by atoms with van der Waals surface area (Å²) in [7, 11) is 1.92. The summed E-state index contributed by atoms with van der Waals surface area (Å²) in [6.07, 6.45) is 1.75. The standard InChI is InChI=1S/C14H22N4O/c1-5-13-16-14(6-2)18(17-13)9-11-7-10(3)12(19-11)8-15-4/h7,15H,5-6,8-9H2,1-4H3. The van der Waals surface area contributed by atoms with Gasteiger partial charge in [0.1, 0.15) is 23.9 Å². The van der Waals surface area contributed by atoms with Crippen LogP contribution in [0.2, 0.25) is 0 Å². The molecular formula is C14H22N4O. The van der Waals surface area contributed by atoms with Gasteiger partial charge in [0.05, 0.1) is 6.54 Å². The Balaban J connectivity index is 2.20. The van der Waals surface area contributed by atoms with Crippen LogP contribution in [0.5, 0.6) is 0 Å². The van der Waals surface area contributed by atoms with E-state index in [9.17, 15) is 0 Å². The highest BCUT2D eigenvalue weighted by molar-refractivity contribution is 5.20. The maximum atomic E-state index is 5.85. The van der Waals surface area contributed by atoms with Crippen LogP contribution in [0, 0.1) is 6.92 Å². The van der Waals surface area contributed by atoms with E-state index in [0.29, 0.717) is 6.54 Å². The second-order valence-corrected chi connectivity index (χ2v) is 4.66. The third-order valence-electron chi connectivity index (χ3n) is 3.14. The number of nitrogens with one attached hydrogen (secondary N) is 1. The van der Waals surface area contributed by atoms with Gasteiger partial charge in [0.15, 0.2) is 5.82 Å². The molecule has 0 atom stereocenters. The fourth-order valence-corrected chi connectivity index (χ4v) is 2.12. The van der Waals surface area contributed by atoms with Crippen LogP contribution in [0.3, 0.4) is 0 Å². The predicted molar refractivity (Wildman–Crippen MR) is 74.1 cm³/mol. The third-order valence-corrected chi connectivity index (χ3v) is 3.14. The first-order valence-corrected chi connectivity index (χ1v) is 6.83. The van der Waals surface area contributed by atoms with Crippen molar-refractivity contribution in [3.05, 3.63) is 34.8 Å². The lowest BCUT2D eigenvalue weighted by Gasteiger charge is -2.01. The molecular weight excluding hydrogens is 240 g/mol. The molecule has 2 heterocycles. The fraction of sp³-hybridized carbons (Fsp3) is 0.571. The minimum Gasteiger partial charge on any atom is -0.462 e. The smallest absolute Gasteiger partial charge is 0.150 e. The number of hydrogen-bond acceptors (Lipinski definition) is 4.